The predicted molar refractivity (Wildman–Crippen MR) is 148 cm³/mol. The highest BCUT2D eigenvalue weighted by atomic mass is 28.3. The van der Waals surface area contributed by atoms with E-state index in [4.69, 9.17) is 0 Å². The van der Waals surface area contributed by atoms with Crippen LogP contribution in [0.4, 0.5) is 4.39 Å². The first-order valence-corrected chi connectivity index (χ1v) is 15.7. The summed E-state index contributed by atoms with van der Waals surface area (Å²) in [5.74, 6) is 0.402. The van der Waals surface area contributed by atoms with Gasteiger partial charge < -0.3 is 0 Å². The van der Waals surface area contributed by atoms with Gasteiger partial charge in [0.25, 0.3) is 0 Å². The fourth-order valence-corrected chi connectivity index (χ4v) is 5.76. The number of imidazole rings is 1. The van der Waals surface area contributed by atoms with Crippen molar-refractivity contribution >= 4 is 13.3 Å². The summed E-state index contributed by atoms with van der Waals surface area (Å²) >= 11 is 0. The molecule has 0 amide bonds. The van der Waals surface area contributed by atoms with Crippen molar-refractivity contribution < 1.29 is 4.39 Å². The zero-order valence-corrected chi connectivity index (χ0v) is 22.0. The van der Waals surface area contributed by atoms with E-state index in [2.05, 4.69) is 52.8 Å². The van der Waals surface area contributed by atoms with Gasteiger partial charge in [0, 0.05) is 41.5 Å². The van der Waals surface area contributed by atoms with E-state index < -0.39 is 8.07 Å². The summed E-state index contributed by atoms with van der Waals surface area (Å²) in [7, 11) is -1.54. The van der Waals surface area contributed by atoms with Crippen LogP contribution in [-0.4, -0.2) is 27.6 Å². The molecule has 3 aromatic heterocycles. The van der Waals surface area contributed by atoms with Gasteiger partial charge in [0.2, 0.25) is 0 Å². The summed E-state index contributed by atoms with van der Waals surface area (Å²) in [6.45, 7) is 9.02. The Kier molecular flexibility index (Phi) is 6.37. The monoisotopic (exact) mass is 492 g/mol. The number of pyridine rings is 2. The maximum absolute atomic E-state index is 16.5. The van der Waals surface area contributed by atoms with Gasteiger partial charge in [-0.2, -0.15) is 0 Å². The Bertz CT molecular complexity index is 1510. The minimum absolute atomic E-state index is 0.314. The summed E-state index contributed by atoms with van der Waals surface area (Å²) in [6, 6.07) is 21.7. The van der Waals surface area contributed by atoms with E-state index in [9.17, 15) is 0 Å². The first kappa shape index (κ1) is 23.8. The molecule has 0 saturated heterocycles. The van der Waals surface area contributed by atoms with E-state index in [0.717, 1.165) is 22.4 Å². The lowest BCUT2D eigenvalue weighted by molar-refractivity contribution is 0.619. The minimum atomic E-state index is -1.54. The Labute approximate surface area is 212 Å². The molecule has 0 bridgehead atoms. The molecule has 4 nitrogen and oxygen atoms in total. The molecule has 0 aliphatic heterocycles. The number of halogens is 1. The molecule has 3 heterocycles. The molecule has 0 radical (unpaired) electrons. The van der Waals surface area contributed by atoms with E-state index in [1.807, 2.05) is 66.2 Å². The zero-order valence-electron chi connectivity index (χ0n) is 21.0. The van der Waals surface area contributed by atoms with Crippen molar-refractivity contribution in [1.29, 1.82) is 0 Å². The van der Waals surface area contributed by atoms with Gasteiger partial charge in [0.15, 0.2) is 5.82 Å². The second-order valence-corrected chi connectivity index (χ2v) is 14.9. The van der Waals surface area contributed by atoms with Gasteiger partial charge in [-0.1, -0.05) is 68.1 Å². The minimum Gasteiger partial charge on any atom is -0.297 e. The van der Waals surface area contributed by atoms with Gasteiger partial charge in [0.05, 0.1) is 25.1 Å². The molecule has 6 heteroatoms. The lowest BCUT2D eigenvalue weighted by atomic mass is 9.94. The van der Waals surface area contributed by atoms with E-state index in [1.54, 1.807) is 18.6 Å². The fraction of sp³-hybridized carbons (Fsp3) is 0.167. The van der Waals surface area contributed by atoms with Gasteiger partial charge in [-0.3, -0.25) is 14.5 Å². The molecular weight excluding hydrogens is 463 g/mol. The fourth-order valence-electron chi connectivity index (χ4n) is 4.57. The average Bonchev–Trinajstić information content (AvgIpc) is 3.38. The Morgan fingerprint density at radius 1 is 0.778 bits per heavy atom. The molecule has 5 aromatic rings. The first-order chi connectivity index (χ1) is 17.4. The highest BCUT2D eigenvalue weighted by molar-refractivity contribution is 6.88. The van der Waals surface area contributed by atoms with Crippen LogP contribution in [0.25, 0.3) is 39.6 Å². The van der Waals surface area contributed by atoms with Crippen molar-refractivity contribution in [2.45, 2.75) is 33.0 Å². The third-order valence-corrected chi connectivity index (χ3v) is 8.49. The maximum atomic E-state index is 16.5. The van der Waals surface area contributed by atoms with Crippen molar-refractivity contribution in [2.75, 3.05) is 0 Å². The Balaban J connectivity index is 1.81. The Morgan fingerprint density at radius 2 is 1.47 bits per heavy atom. The van der Waals surface area contributed by atoms with E-state index in [-0.39, 0.29) is 5.82 Å². The summed E-state index contributed by atoms with van der Waals surface area (Å²) in [4.78, 5) is 13.7. The van der Waals surface area contributed by atoms with E-state index >= 15 is 4.39 Å². The first-order valence-electron chi connectivity index (χ1n) is 12.2. The average molecular weight is 493 g/mol. The van der Waals surface area contributed by atoms with Crippen molar-refractivity contribution in [3.05, 3.63) is 103 Å². The van der Waals surface area contributed by atoms with Crippen LogP contribution in [0.5, 0.6) is 0 Å². The number of hydrogen-bond acceptors (Lipinski definition) is 3. The molecular formula is C30H29FN4Si. The quantitative estimate of drug-likeness (QED) is 0.242. The lowest BCUT2D eigenvalue weighted by Gasteiger charge is -2.21. The second kappa shape index (κ2) is 9.63. The van der Waals surface area contributed by atoms with Crippen LogP contribution in [0, 0.1) is 5.82 Å². The topological polar surface area (TPSA) is 43.6 Å². The molecule has 0 spiro atoms. The number of rotatable bonds is 6. The molecule has 2 aromatic carbocycles. The number of nitrogens with zero attached hydrogens (tertiary/aromatic N) is 4. The molecule has 180 valence electrons. The Morgan fingerprint density at radius 3 is 2.08 bits per heavy atom. The second-order valence-electron chi connectivity index (χ2n) is 9.85. The standard InChI is InChI=1S/C30H29FN4Si/c1-5-23-24(26-13-6-8-15-32-26)20-25(27-14-7-9-16-33-27)28(31)29(23)35-18-17-34-30(35)21-11-10-12-22(19-21)36(2,3)4/h6-20H,5H2,1-4H3. The molecule has 0 aliphatic rings. The predicted octanol–water partition coefficient (Wildman–Crippen LogP) is 6.91. The molecule has 5 rings (SSSR count). The van der Waals surface area contributed by atoms with Gasteiger partial charge in [-0.15, -0.1) is 0 Å². The van der Waals surface area contributed by atoms with Crippen LogP contribution < -0.4 is 5.19 Å². The van der Waals surface area contributed by atoms with E-state index in [1.165, 1.54) is 5.19 Å². The van der Waals surface area contributed by atoms with Crippen LogP contribution in [0.2, 0.25) is 19.6 Å². The van der Waals surface area contributed by atoms with Gasteiger partial charge in [-0.05, 0) is 42.3 Å². The summed E-state index contributed by atoms with van der Waals surface area (Å²) in [6.07, 6.45) is 7.67. The highest BCUT2D eigenvalue weighted by Crippen LogP contribution is 2.37. The van der Waals surface area contributed by atoms with E-state index in [0.29, 0.717) is 29.2 Å². The van der Waals surface area contributed by atoms with Crippen LogP contribution in [0.3, 0.4) is 0 Å². The summed E-state index contributed by atoms with van der Waals surface area (Å²) in [5, 5.41) is 1.34. The zero-order chi connectivity index (χ0) is 25.3. The normalized spacial score (nSPS) is 11.6. The van der Waals surface area contributed by atoms with Crippen LogP contribution >= 0.6 is 0 Å². The number of hydrogen-bond donors (Lipinski definition) is 0. The molecule has 0 N–H and O–H groups in total. The lowest BCUT2D eigenvalue weighted by Crippen LogP contribution is -2.37. The third-order valence-electron chi connectivity index (χ3n) is 6.45. The summed E-state index contributed by atoms with van der Waals surface area (Å²) in [5.41, 5.74) is 5.07. The molecule has 0 unspecified atom stereocenters. The third kappa shape index (κ3) is 4.40. The van der Waals surface area contributed by atoms with Crippen LogP contribution in [-0.2, 0) is 6.42 Å². The smallest absolute Gasteiger partial charge is 0.156 e. The SMILES string of the molecule is CCc1c(-c2ccccn2)cc(-c2ccccn2)c(F)c1-n1ccnc1-c1cccc([Si](C)(C)C)c1. The molecule has 0 aliphatic carbocycles. The highest BCUT2D eigenvalue weighted by Gasteiger charge is 2.24. The van der Waals surface area contributed by atoms with Crippen molar-refractivity contribution in [3.8, 4) is 39.6 Å². The van der Waals surface area contributed by atoms with Crippen molar-refractivity contribution in [1.82, 2.24) is 19.5 Å². The van der Waals surface area contributed by atoms with Gasteiger partial charge >= 0.3 is 0 Å². The number of aromatic nitrogens is 4. The van der Waals surface area contributed by atoms with Crippen molar-refractivity contribution in [2.24, 2.45) is 0 Å². The number of benzene rings is 2. The molecule has 0 saturated carbocycles. The summed E-state index contributed by atoms with van der Waals surface area (Å²) < 4.78 is 18.4. The van der Waals surface area contributed by atoms with Crippen molar-refractivity contribution in [3.63, 3.8) is 0 Å². The van der Waals surface area contributed by atoms with Crippen LogP contribution in [0.15, 0.2) is 91.5 Å². The van der Waals surface area contributed by atoms with Gasteiger partial charge in [0.1, 0.15) is 5.82 Å². The Hall–Kier alpha value is -3.90. The largest absolute Gasteiger partial charge is 0.297 e. The molecule has 36 heavy (non-hydrogen) atoms. The van der Waals surface area contributed by atoms with Crippen LogP contribution in [0.1, 0.15) is 12.5 Å². The molecule has 0 fully saturated rings. The maximum Gasteiger partial charge on any atom is 0.156 e. The molecule has 0 atom stereocenters. The van der Waals surface area contributed by atoms with Gasteiger partial charge in [-0.25, -0.2) is 9.37 Å².